The van der Waals surface area contributed by atoms with Crippen LogP contribution in [0.2, 0.25) is 0 Å². The highest BCUT2D eigenvalue weighted by Crippen LogP contribution is 2.33. The molecular weight excluding hydrogens is 340 g/mol. The van der Waals surface area contributed by atoms with Gasteiger partial charge in [0.2, 0.25) is 5.91 Å². The average molecular weight is 381 g/mol. The second-order valence-electron chi connectivity index (χ2n) is 7.68. The fraction of sp³-hybridized carbons (Fsp3) is 0.857. The van der Waals surface area contributed by atoms with Crippen molar-refractivity contribution in [1.29, 1.82) is 0 Å². The highest BCUT2D eigenvalue weighted by Gasteiger charge is 2.46. The summed E-state index contributed by atoms with van der Waals surface area (Å²) in [5, 5.41) is 2.94. The van der Waals surface area contributed by atoms with Crippen molar-refractivity contribution >= 4 is 17.8 Å². The number of hydrogen-bond donors (Lipinski definition) is 2. The summed E-state index contributed by atoms with van der Waals surface area (Å²) >= 11 is 0. The molecule has 0 aliphatic carbocycles. The Morgan fingerprint density at radius 1 is 1.00 bits per heavy atom. The second-order valence-corrected chi connectivity index (χ2v) is 7.68. The molecule has 0 aromatic carbocycles. The average Bonchev–Trinajstić information content (AvgIpc) is 2.89. The zero-order valence-corrected chi connectivity index (χ0v) is 17.7. The highest BCUT2D eigenvalue weighted by atomic mass is 16.2. The molecule has 2 amide bonds. The molecule has 1 aliphatic rings. The number of carbonyl (C=O) groups excluding carboxylic acids is 2. The summed E-state index contributed by atoms with van der Waals surface area (Å²) in [6, 6.07) is 0. The smallest absolute Gasteiger partial charge is 0.257 e. The quantitative estimate of drug-likeness (QED) is 0.424. The summed E-state index contributed by atoms with van der Waals surface area (Å²) in [5.41, 5.74) is 5.48. The zero-order valence-electron chi connectivity index (χ0n) is 17.7. The summed E-state index contributed by atoms with van der Waals surface area (Å²) in [6.07, 6.45) is 10.9. The molecular formula is C21H40N4O2. The monoisotopic (exact) mass is 380 g/mol. The molecule has 0 saturated carbocycles. The molecule has 1 heterocycles. The SMILES string of the molecule is CCCCNC(=O)CCCCCN1C(=O)C(CCCC)(CCCC)N=C1N. The summed E-state index contributed by atoms with van der Waals surface area (Å²) < 4.78 is 0. The topological polar surface area (TPSA) is 87.8 Å². The van der Waals surface area contributed by atoms with Crippen LogP contribution in [0.5, 0.6) is 0 Å². The van der Waals surface area contributed by atoms with Crippen LogP contribution in [0, 0.1) is 0 Å². The van der Waals surface area contributed by atoms with Crippen molar-refractivity contribution in [3.63, 3.8) is 0 Å². The molecule has 0 fully saturated rings. The van der Waals surface area contributed by atoms with E-state index in [4.69, 9.17) is 5.73 Å². The van der Waals surface area contributed by atoms with Gasteiger partial charge in [0, 0.05) is 19.5 Å². The van der Waals surface area contributed by atoms with Gasteiger partial charge in [0.1, 0.15) is 5.54 Å². The molecule has 27 heavy (non-hydrogen) atoms. The Morgan fingerprint density at radius 3 is 2.22 bits per heavy atom. The molecule has 6 heteroatoms. The van der Waals surface area contributed by atoms with Crippen molar-refractivity contribution in [3.05, 3.63) is 0 Å². The summed E-state index contributed by atoms with van der Waals surface area (Å²) in [6.45, 7) is 7.75. The molecule has 1 aliphatic heterocycles. The van der Waals surface area contributed by atoms with E-state index in [9.17, 15) is 9.59 Å². The lowest BCUT2D eigenvalue weighted by Crippen LogP contribution is -2.44. The first kappa shape index (κ1) is 23.4. The molecule has 1 rings (SSSR count). The minimum Gasteiger partial charge on any atom is -0.369 e. The molecule has 0 aromatic heterocycles. The van der Waals surface area contributed by atoms with Crippen molar-refractivity contribution in [2.45, 2.75) is 103 Å². The van der Waals surface area contributed by atoms with E-state index in [1.54, 1.807) is 4.90 Å². The number of guanidine groups is 1. The third-order valence-corrected chi connectivity index (χ3v) is 5.27. The van der Waals surface area contributed by atoms with Gasteiger partial charge < -0.3 is 11.1 Å². The zero-order chi connectivity index (χ0) is 20.1. The third-order valence-electron chi connectivity index (χ3n) is 5.27. The van der Waals surface area contributed by atoms with Crippen LogP contribution in [0.1, 0.15) is 97.8 Å². The molecule has 0 aromatic rings. The fourth-order valence-electron chi connectivity index (χ4n) is 3.51. The van der Waals surface area contributed by atoms with Crippen molar-refractivity contribution in [2.24, 2.45) is 10.7 Å². The van der Waals surface area contributed by atoms with Crippen LogP contribution in [0.25, 0.3) is 0 Å². The Morgan fingerprint density at radius 2 is 1.63 bits per heavy atom. The Bertz CT molecular complexity index is 483. The van der Waals surface area contributed by atoms with Gasteiger partial charge in [-0.15, -0.1) is 0 Å². The molecule has 6 nitrogen and oxygen atoms in total. The van der Waals surface area contributed by atoms with Gasteiger partial charge >= 0.3 is 0 Å². The normalized spacial score (nSPS) is 15.9. The first-order chi connectivity index (χ1) is 13.0. The number of rotatable bonds is 15. The van der Waals surface area contributed by atoms with Gasteiger partial charge in [0.05, 0.1) is 0 Å². The molecule has 0 saturated heterocycles. The van der Waals surface area contributed by atoms with E-state index < -0.39 is 5.54 Å². The van der Waals surface area contributed by atoms with Crippen molar-refractivity contribution in [3.8, 4) is 0 Å². The van der Waals surface area contributed by atoms with E-state index >= 15 is 0 Å². The maximum atomic E-state index is 13.0. The minimum absolute atomic E-state index is 0.0826. The number of unbranched alkanes of at least 4 members (excludes halogenated alkanes) is 5. The lowest BCUT2D eigenvalue weighted by molar-refractivity contribution is -0.132. The number of hydrogen-bond acceptors (Lipinski definition) is 4. The maximum absolute atomic E-state index is 13.0. The summed E-state index contributed by atoms with van der Waals surface area (Å²) in [4.78, 5) is 31.1. The molecule has 0 spiro atoms. The number of aliphatic imine (C=N–C) groups is 1. The number of nitrogens with zero attached hydrogens (tertiary/aromatic N) is 2. The Balaban J connectivity index is 2.41. The van der Waals surface area contributed by atoms with Crippen LogP contribution in [-0.2, 0) is 9.59 Å². The van der Waals surface area contributed by atoms with Crippen molar-refractivity contribution < 1.29 is 9.59 Å². The van der Waals surface area contributed by atoms with E-state index in [-0.39, 0.29) is 11.8 Å². The Hall–Kier alpha value is -1.59. The highest BCUT2D eigenvalue weighted by molar-refractivity contribution is 6.06. The predicted octanol–water partition coefficient (Wildman–Crippen LogP) is 3.74. The molecule has 3 N–H and O–H groups in total. The number of amides is 2. The maximum Gasteiger partial charge on any atom is 0.257 e. The van der Waals surface area contributed by atoms with Gasteiger partial charge in [0.15, 0.2) is 5.96 Å². The lowest BCUT2D eigenvalue weighted by Gasteiger charge is -2.26. The largest absolute Gasteiger partial charge is 0.369 e. The second kappa shape index (κ2) is 12.7. The van der Waals surface area contributed by atoms with Gasteiger partial charge in [-0.2, -0.15) is 0 Å². The summed E-state index contributed by atoms with van der Waals surface area (Å²) in [7, 11) is 0. The van der Waals surface area contributed by atoms with Gasteiger partial charge in [-0.3, -0.25) is 14.5 Å². The van der Waals surface area contributed by atoms with E-state index in [2.05, 4.69) is 31.1 Å². The molecule has 0 radical (unpaired) electrons. The van der Waals surface area contributed by atoms with Gasteiger partial charge in [-0.05, 0) is 32.1 Å². The van der Waals surface area contributed by atoms with E-state index in [0.717, 1.165) is 77.2 Å². The number of carbonyl (C=O) groups is 2. The molecule has 156 valence electrons. The Kier molecular flexibility index (Phi) is 11.1. The van der Waals surface area contributed by atoms with Gasteiger partial charge in [0.25, 0.3) is 5.91 Å². The fourth-order valence-corrected chi connectivity index (χ4v) is 3.51. The van der Waals surface area contributed by atoms with Crippen LogP contribution in [0.15, 0.2) is 4.99 Å². The predicted molar refractivity (Wildman–Crippen MR) is 112 cm³/mol. The Labute approximate surface area is 165 Å². The van der Waals surface area contributed by atoms with Gasteiger partial charge in [-0.1, -0.05) is 59.3 Å². The minimum atomic E-state index is -0.630. The van der Waals surface area contributed by atoms with Crippen LogP contribution in [-0.4, -0.2) is 41.3 Å². The van der Waals surface area contributed by atoms with Crippen molar-refractivity contribution in [1.82, 2.24) is 10.2 Å². The molecule has 0 unspecified atom stereocenters. The van der Waals surface area contributed by atoms with E-state index in [0.29, 0.717) is 18.9 Å². The van der Waals surface area contributed by atoms with Crippen molar-refractivity contribution in [2.75, 3.05) is 13.1 Å². The summed E-state index contributed by atoms with van der Waals surface area (Å²) in [5.74, 6) is 0.587. The van der Waals surface area contributed by atoms with E-state index in [1.165, 1.54) is 0 Å². The third kappa shape index (κ3) is 7.51. The first-order valence-corrected chi connectivity index (χ1v) is 10.9. The van der Waals surface area contributed by atoms with Crippen LogP contribution < -0.4 is 11.1 Å². The standard InChI is InChI=1S/C21H40N4O2/c1-4-7-14-21(15-8-5-2)19(27)25(20(22)24-21)17-12-10-11-13-18(26)23-16-9-6-3/h4-17H2,1-3H3,(H2,22,24)(H,23,26). The van der Waals surface area contributed by atoms with Crippen LogP contribution in [0.3, 0.4) is 0 Å². The van der Waals surface area contributed by atoms with Crippen LogP contribution in [0.4, 0.5) is 0 Å². The number of nitrogens with one attached hydrogen (secondary N) is 1. The van der Waals surface area contributed by atoms with Gasteiger partial charge in [-0.25, -0.2) is 4.99 Å². The van der Waals surface area contributed by atoms with Crippen LogP contribution >= 0.6 is 0 Å². The first-order valence-electron chi connectivity index (χ1n) is 10.9. The molecule has 0 bridgehead atoms. The number of nitrogens with two attached hydrogens (primary N) is 1. The van der Waals surface area contributed by atoms with E-state index in [1.807, 2.05) is 0 Å². The molecule has 0 atom stereocenters. The lowest BCUT2D eigenvalue weighted by atomic mass is 9.87.